The van der Waals surface area contributed by atoms with Crippen molar-refractivity contribution in [2.45, 2.75) is 37.6 Å². The number of carbonyl (C=O) groups excluding carboxylic acids is 2. The lowest BCUT2D eigenvalue weighted by Gasteiger charge is -2.41. The monoisotopic (exact) mass is 680 g/mol. The molecule has 1 aliphatic heterocycles. The maximum absolute atomic E-state index is 14.7. The number of ether oxygens (including phenoxy) is 3. The summed E-state index contributed by atoms with van der Waals surface area (Å²) in [6, 6.07) is 23.0. The van der Waals surface area contributed by atoms with Gasteiger partial charge in [-0.2, -0.15) is 5.26 Å². The normalized spacial score (nSPS) is 20.5. The Bertz CT molecular complexity index is 1570. The molecule has 1 aliphatic rings. The summed E-state index contributed by atoms with van der Waals surface area (Å²) in [4.78, 5) is 34.3. The molecule has 2 aromatic carbocycles. The second kappa shape index (κ2) is 15.1. The van der Waals surface area contributed by atoms with Crippen LogP contribution in [0.1, 0.15) is 38.3 Å². The first-order valence-electron chi connectivity index (χ1n) is 13.9. The predicted octanol–water partition coefficient (Wildman–Crippen LogP) is 6.61. The molecule has 3 aromatic rings. The molecule has 2 amide bonds. The first-order valence-corrected chi connectivity index (χ1v) is 16.5. The summed E-state index contributed by atoms with van der Waals surface area (Å²) in [5, 5.41) is 10.6. The summed E-state index contributed by atoms with van der Waals surface area (Å²) in [5.74, 6) is 0.788. The second-order valence-corrected chi connectivity index (χ2v) is 13.8. The van der Waals surface area contributed by atoms with Crippen LogP contribution in [-0.4, -0.2) is 60.3 Å². The number of carbonyl (C=O) groups is 2. The molecule has 2 heterocycles. The second-order valence-electron chi connectivity index (χ2n) is 10.4. The van der Waals surface area contributed by atoms with Gasteiger partial charge in [-0.3, -0.25) is 9.59 Å². The van der Waals surface area contributed by atoms with Crippen molar-refractivity contribution in [3.8, 4) is 23.4 Å². The third kappa shape index (κ3) is 7.76. The van der Waals surface area contributed by atoms with Crippen molar-refractivity contribution in [1.82, 2.24) is 14.8 Å². The highest BCUT2D eigenvalue weighted by Crippen LogP contribution is 2.59. The van der Waals surface area contributed by atoms with Crippen LogP contribution in [0.25, 0.3) is 0 Å². The van der Waals surface area contributed by atoms with Gasteiger partial charge in [-0.15, -0.1) is 0 Å². The molecule has 13 heteroatoms. The lowest BCUT2D eigenvalue weighted by Crippen LogP contribution is -2.56. The molecule has 1 fully saturated rings. The van der Waals surface area contributed by atoms with E-state index in [1.807, 2.05) is 24.3 Å². The van der Waals surface area contributed by atoms with Gasteiger partial charge in [0.25, 0.3) is 5.91 Å². The number of pyridine rings is 1. The van der Waals surface area contributed by atoms with Gasteiger partial charge in [-0.1, -0.05) is 55.1 Å². The van der Waals surface area contributed by atoms with E-state index in [-0.39, 0.29) is 33.4 Å². The summed E-state index contributed by atoms with van der Waals surface area (Å²) in [6.45, 7) is 3.46. The van der Waals surface area contributed by atoms with Gasteiger partial charge in [0.05, 0.1) is 30.5 Å². The molecule has 45 heavy (non-hydrogen) atoms. The fourth-order valence-corrected chi connectivity index (χ4v) is 7.82. The van der Waals surface area contributed by atoms with Gasteiger partial charge >= 0.3 is 0 Å². The Kier molecular flexibility index (Phi) is 11.4. The minimum Gasteiger partial charge on any atom is -0.481 e. The van der Waals surface area contributed by atoms with Gasteiger partial charge in [0.15, 0.2) is 4.87 Å². The van der Waals surface area contributed by atoms with Crippen molar-refractivity contribution in [2.24, 2.45) is 5.41 Å². The molecule has 1 saturated heterocycles. The van der Waals surface area contributed by atoms with Crippen molar-refractivity contribution in [3.05, 3.63) is 84.6 Å². The minimum atomic E-state index is -1.63. The first-order chi connectivity index (χ1) is 21.6. The average Bonchev–Trinajstić information content (AvgIpc) is 3.32. The van der Waals surface area contributed by atoms with Crippen molar-refractivity contribution < 1.29 is 23.8 Å². The Hall–Kier alpha value is -3.70. The van der Waals surface area contributed by atoms with Crippen molar-refractivity contribution in [2.75, 3.05) is 20.0 Å². The summed E-state index contributed by atoms with van der Waals surface area (Å²) >= 11 is 13.2. The summed E-state index contributed by atoms with van der Waals surface area (Å²) < 4.78 is 17.2. The smallest absolute Gasteiger partial charge is 0.260 e. The number of para-hydroxylation sites is 2. The number of benzene rings is 2. The number of aromatic nitrogens is 1. The summed E-state index contributed by atoms with van der Waals surface area (Å²) in [6.07, 6.45) is 1.62. The number of amides is 2. The third-order valence-corrected chi connectivity index (χ3v) is 9.88. The molecule has 4 rings (SSSR count). The van der Waals surface area contributed by atoms with E-state index < -0.39 is 22.2 Å². The molecule has 0 saturated carbocycles. The van der Waals surface area contributed by atoms with E-state index in [1.165, 1.54) is 16.9 Å². The molecule has 0 spiro atoms. The van der Waals surface area contributed by atoms with E-state index in [0.29, 0.717) is 22.9 Å². The first kappa shape index (κ1) is 34.2. The summed E-state index contributed by atoms with van der Waals surface area (Å²) in [7, 11) is 3.12. The van der Waals surface area contributed by atoms with Gasteiger partial charge in [0.2, 0.25) is 20.6 Å². The van der Waals surface area contributed by atoms with Crippen LogP contribution in [0.3, 0.4) is 0 Å². The molecule has 9 nitrogen and oxygen atoms in total. The van der Waals surface area contributed by atoms with Gasteiger partial charge in [0, 0.05) is 32.2 Å². The molecule has 0 N–H and O–H groups in total. The topological polar surface area (TPSA) is 105 Å². The average molecular weight is 681 g/mol. The molecular formula is C32H32N4O5S4. The highest BCUT2D eigenvalue weighted by atomic mass is 32.2. The maximum Gasteiger partial charge on any atom is 0.260 e. The summed E-state index contributed by atoms with van der Waals surface area (Å²) in [5.41, 5.74) is -0.618. The molecule has 0 bridgehead atoms. The number of hydrogen-bond acceptors (Lipinski definition) is 11. The fraction of sp³-hybridized carbons (Fsp3) is 0.312. The lowest BCUT2D eigenvalue weighted by atomic mass is 9.80. The van der Waals surface area contributed by atoms with Gasteiger partial charge in [0.1, 0.15) is 11.5 Å². The lowest BCUT2D eigenvalue weighted by molar-refractivity contribution is -0.146. The van der Waals surface area contributed by atoms with E-state index in [0.717, 1.165) is 23.5 Å². The number of nitrogens with zero attached hydrogens (tertiary/aromatic N) is 4. The van der Waals surface area contributed by atoms with E-state index in [1.54, 1.807) is 75.6 Å². The Morgan fingerprint density at radius 3 is 2.16 bits per heavy atom. The number of thioether (sulfide) groups is 2. The highest BCUT2D eigenvalue weighted by molar-refractivity contribution is 8.24. The number of thiocarbonyl (C=S) groups is 2. The van der Waals surface area contributed by atoms with Crippen LogP contribution in [0, 0.1) is 16.7 Å². The SMILES string of the molecule is CCC(=O)N1[C@@H](c2ccc(OC)nc2)[C@@](C)(C#N)CC1(SC(=S)Oc1ccccc1)C(=O)N(C)CSC(=S)Oc1ccccc1. The molecule has 3 atom stereocenters. The minimum absolute atomic E-state index is 0.0271. The van der Waals surface area contributed by atoms with Crippen molar-refractivity contribution in [1.29, 1.82) is 5.26 Å². The largest absolute Gasteiger partial charge is 0.481 e. The molecule has 0 radical (unpaired) electrons. The van der Waals surface area contributed by atoms with Gasteiger partial charge < -0.3 is 24.0 Å². The van der Waals surface area contributed by atoms with E-state index in [2.05, 4.69) is 11.1 Å². The Morgan fingerprint density at radius 2 is 1.64 bits per heavy atom. The number of methoxy groups -OCH3 is 1. The fourth-order valence-electron chi connectivity index (χ4n) is 5.15. The standard InChI is InChI=1S/C32H32N4O5S4/c1-5-26(37)36-27(22-16-17-25(39-4)34-18-22)31(2,20-33)19-32(36,45-30(43)41-24-14-10-7-11-15-24)28(38)35(3)21-44-29(42)40-23-12-8-6-9-13-23/h6-18,27H,5,19,21H2,1-4H3/t27-,31+,32?/m0/s1. The number of likely N-dealkylation sites (N-methyl/N-ethyl adjacent to an activating group) is 1. The molecular weight excluding hydrogens is 649 g/mol. The van der Waals surface area contributed by atoms with Crippen LogP contribution < -0.4 is 14.2 Å². The molecule has 0 aliphatic carbocycles. The van der Waals surface area contributed by atoms with Crippen LogP contribution in [0.5, 0.6) is 17.4 Å². The van der Waals surface area contributed by atoms with E-state index in [9.17, 15) is 14.9 Å². The van der Waals surface area contributed by atoms with Crippen molar-refractivity contribution in [3.63, 3.8) is 0 Å². The van der Waals surface area contributed by atoms with E-state index in [4.69, 9.17) is 38.6 Å². The molecule has 234 valence electrons. The number of nitriles is 1. The van der Waals surface area contributed by atoms with Gasteiger partial charge in [-0.25, -0.2) is 4.98 Å². The Morgan fingerprint density at radius 1 is 1.04 bits per heavy atom. The predicted molar refractivity (Wildman–Crippen MR) is 184 cm³/mol. The number of likely N-dealkylation sites (tertiary alicyclic amines) is 1. The molecule has 1 aromatic heterocycles. The van der Waals surface area contributed by atoms with Crippen LogP contribution in [-0.2, 0) is 9.59 Å². The third-order valence-electron chi connectivity index (χ3n) is 7.17. The van der Waals surface area contributed by atoms with Crippen LogP contribution in [0.15, 0.2) is 79.0 Å². The number of rotatable bonds is 9. The number of hydrogen-bond donors (Lipinski definition) is 0. The zero-order valence-corrected chi connectivity index (χ0v) is 28.4. The van der Waals surface area contributed by atoms with E-state index >= 15 is 0 Å². The van der Waals surface area contributed by atoms with Crippen LogP contribution >= 0.6 is 48.0 Å². The zero-order chi connectivity index (χ0) is 32.6. The van der Waals surface area contributed by atoms with Crippen LogP contribution in [0.4, 0.5) is 0 Å². The Balaban J connectivity index is 1.73. The Labute approximate surface area is 282 Å². The van der Waals surface area contributed by atoms with Crippen LogP contribution in [0.2, 0.25) is 0 Å². The maximum atomic E-state index is 14.7. The van der Waals surface area contributed by atoms with Crippen molar-refractivity contribution >= 4 is 68.5 Å². The zero-order valence-electron chi connectivity index (χ0n) is 25.2. The highest BCUT2D eigenvalue weighted by Gasteiger charge is 2.65. The molecule has 1 unspecified atom stereocenters. The quantitative estimate of drug-likeness (QED) is 0.180. The van der Waals surface area contributed by atoms with Gasteiger partial charge in [-0.05, 0) is 79.0 Å².